The number of carbonyl (C=O) groups excluding carboxylic acids is 3. The summed E-state index contributed by atoms with van der Waals surface area (Å²) in [6.07, 6.45) is 2.17. The summed E-state index contributed by atoms with van der Waals surface area (Å²) >= 11 is 0. The minimum Gasteiger partial charge on any atom is -0.465 e. The van der Waals surface area contributed by atoms with Gasteiger partial charge in [-0.05, 0) is 74.5 Å². The van der Waals surface area contributed by atoms with Crippen LogP contribution in [0.2, 0.25) is 0 Å². The van der Waals surface area contributed by atoms with Gasteiger partial charge in [-0.1, -0.05) is 6.07 Å². The standard InChI is InChI=1S/C24H26FN3O4/c1-14-2-3-17(32-14)13-27-8-6-15(7-9-27)18-10-16-12-28(24(31)19(16)11-20(18)25)21-4-5-22(29)26-23(21)30/h2-3,10-11,15,21H,4-9,12-13H2,1H3,(H,26,29,30). The molecule has 32 heavy (non-hydrogen) atoms. The number of hydrogen-bond donors (Lipinski definition) is 1. The van der Waals surface area contributed by atoms with Crippen LogP contribution in [-0.4, -0.2) is 46.7 Å². The van der Waals surface area contributed by atoms with Gasteiger partial charge in [-0.3, -0.25) is 24.6 Å². The largest absolute Gasteiger partial charge is 0.465 e. The molecule has 0 spiro atoms. The van der Waals surface area contributed by atoms with Gasteiger partial charge in [-0.2, -0.15) is 0 Å². The van der Waals surface area contributed by atoms with Crippen LogP contribution in [-0.2, 0) is 22.7 Å². The van der Waals surface area contributed by atoms with Crippen LogP contribution in [0.25, 0.3) is 0 Å². The number of fused-ring (bicyclic) bond motifs is 1. The van der Waals surface area contributed by atoms with Crippen LogP contribution in [0.4, 0.5) is 4.39 Å². The van der Waals surface area contributed by atoms with Gasteiger partial charge in [-0.25, -0.2) is 4.39 Å². The second-order valence-electron chi connectivity index (χ2n) is 8.99. The fourth-order valence-corrected chi connectivity index (χ4v) is 5.11. The second-order valence-corrected chi connectivity index (χ2v) is 8.99. The molecule has 0 saturated carbocycles. The van der Waals surface area contributed by atoms with E-state index in [-0.39, 0.29) is 36.5 Å². The predicted molar refractivity (Wildman–Crippen MR) is 113 cm³/mol. The van der Waals surface area contributed by atoms with Gasteiger partial charge < -0.3 is 9.32 Å². The first kappa shape index (κ1) is 20.9. The molecule has 3 amide bonds. The zero-order valence-electron chi connectivity index (χ0n) is 18.0. The van der Waals surface area contributed by atoms with Crippen LogP contribution < -0.4 is 5.32 Å². The Morgan fingerprint density at radius 3 is 2.59 bits per heavy atom. The van der Waals surface area contributed by atoms with Gasteiger partial charge in [0.25, 0.3) is 5.91 Å². The van der Waals surface area contributed by atoms with Crippen LogP contribution in [0.3, 0.4) is 0 Å². The number of carbonyl (C=O) groups is 3. The van der Waals surface area contributed by atoms with Gasteiger partial charge in [-0.15, -0.1) is 0 Å². The molecule has 1 atom stereocenters. The molecular weight excluding hydrogens is 413 g/mol. The van der Waals surface area contributed by atoms with Crippen molar-refractivity contribution in [3.05, 3.63) is 58.3 Å². The third-order valence-corrected chi connectivity index (χ3v) is 6.84. The number of aryl methyl sites for hydroxylation is 1. The normalized spacial score (nSPS) is 22.4. The molecule has 8 heteroatoms. The van der Waals surface area contributed by atoms with Crippen molar-refractivity contribution in [3.63, 3.8) is 0 Å². The van der Waals surface area contributed by atoms with E-state index in [9.17, 15) is 14.4 Å². The summed E-state index contributed by atoms with van der Waals surface area (Å²) in [6, 6.07) is 6.41. The molecule has 7 nitrogen and oxygen atoms in total. The van der Waals surface area contributed by atoms with Crippen molar-refractivity contribution in [2.75, 3.05) is 13.1 Å². The molecule has 5 rings (SSSR count). The fraction of sp³-hybridized carbons (Fsp3) is 0.458. The number of nitrogens with one attached hydrogen (secondary N) is 1. The Hall–Kier alpha value is -3.00. The Bertz CT molecular complexity index is 1090. The summed E-state index contributed by atoms with van der Waals surface area (Å²) in [7, 11) is 0. The molecule has 1 aromatic carbocycles. The lowest BCUT2D eigenvalue weighted by molar-refractivity contribution is -0.136. The molecule has 0 aliphatic carbocycles. The molecular formula is C24H26FN3O4. The minimum absolute atomic E-state index is 0.0923. The van der Waals surface area contributed by atoms with Gasteiger partial charge >= 0.3 is 0 Å². The Morgan fingerprint density at radius 2 is 1.91 bits per heavy atom. The molecule has 0 radical (unpaired) electrons. The highest BCUT2D eigenvalue weighted by Crippen LogP contribution is 2.35. The van der Waals surface area contributed by atoms with E-state index in [0.717, 1.165) is 49.6 Å². The van der Waals surface area contributed by atoms with Gasteiger partial charge in [0, 0.05) is 18.5 Å². The summed E-state index contributed by atoms with van der Waals surface area (Å²) in [5, 5.41) is 2.29. The van der Waals surface area contributed by atoms with Crippen molar-refractivity contribution >= 4 is 17.7 Å². The van der Waals surface area contributed by atoms with Gasteiger partial charge in [0.1, 0.15) is 23.4 Å². The molecule has 0 bridgehead atoms. The smallest absolute Gasteiger partial charge is 0.255 e. The summed E-state index contributed by atoms with van der Waals surface area (Å²) in [5.41, 5.74) is 1.72. The maximum Gasteiger partial charge on any atom is 0.255 e. The maximum atomic E-state index is 15.0. The van der Waals surface area contributed by atoms with E-state index in [0.29, 0.717) is 17.5 Å². The van der Waals surface area contributed by atoms with E-state index in [4.69, 9.17) is 4.42 Å². The van der Waals surface area contributed by atoms with Crippen LogP contribution in [0.5, 0.6) is 0 Å². The minimum atomic E-state index is -0.687. The molecule has 2 fully saturated rings. The monoisotopic (exact) mass is 439 g/mol. The van der Waals surface area contributed by atoms with E-state index in [1.54, 1.807) is 0 Å². The first-order valence-electron chi connectivity index (χ1n) is 11.1. The molecule has 1 N–H and O–H groups in total. The van der Waals surface area contributed by atoms with Crippen molar-refractivity contribution < 1.29 is 23.2 Å². The number of imide groups is 1. The van der Waals surface area contributed by atoms with Gasteiger partial charge in [0.15, 0.2) is 0 Å². The lowest BCUT2D eigenvalue weighted by atomic mass is 9.87. The van der Waals surface area contributed by atoms with E-state index in [1.807, 2.05) is 25.1 Å². The van der Waals surface area contributed by atoms with Crippen LogP contribution in [0.15, 0.2) is 28.7 Å². The van der Waals surface area contributed by atoms with Crippen molar-refractivity contribution in [2.24, 2.45) is 0 Å². The Balaban J connectivity index is 1.27. The average molecular weight is 439 g/mol. The first-order valence-corrected chi connectivity index (χ1v) is 11.1. The zero-order chi connectivity index (χ0) is 22.4. The number of amides is 3. The summed E-state index contributed by atoms with van der Waals surface area (Å²) in [6.45, 7) is 4.65. The van der Waals surface area contributed by atoms with Crippen LogP contribution in [0.1, 0.15) is 64.6 Å². The molecule has 2 aromatic rings. The second kappa shape index (κ2) is 8.16. The van der Waals surface area contributed by atoms with Crippen molar-refractivity contribution in [1.82, 2.24) is 15.1 Å². The van der Waals surface area contributed by atoms with E-state index in [1.165, 1.54) is 11.0 Å². The number of rotatable bonds is 4. The van der Waals surface area contributed by atoms with E-state index in [2.05, 4.69) is 10.2 Å². The third-order valence-electron chi connectivity index (χ3n) is 6.84. The molecule has 3 aliphatic rings. The fourth-order valence-electron chi connectivity index (χ4n) is 5.11. The number of hydrogen-bond acceptors (Lipinski definition) is 5. The highest BCUT2D eigenvalue weighted by atomic mass is 19.1. The number of likely N-dealkylation sites (tertiary alicyclic amines) is 1. The Morgan fingerprint density at radius 1 is 1.12 bits per heavy atom. The number of nitrogens with zero attached hydrogens (tertiary/aromatic N) is 2. The maximum absolute atomic E-state index is 15.0. The molecule has 1 unspecified atom stereocenters. The van der Waals surface area contributed by atoms with Crippen LogP contribution >= 0.6 is 0 Å². The first-order chi connectivity index (χ1) is 15.4. The molecule has 4 heterocycles. The molecule has 2 saturated heterocycles. The number of furan rings is 1. The van der Waals surface area contributed by atoms with Gasteiger partial charge in [0.05, 0.1) is 6.54 Å². The molecule has 168 valence electrons. The quantitative estimate of drug-likeness (QED) is 0.741. The molecule has 1 aromatic heterocycles. The van der Waals surface area contributed by atoms with Crippen LogP contribution in [0, 0.1) is 12.7 Å². The number of piperidine rings is 2. The number of halogens is 1. The average Bonchev–Trinajstić information content (AvgIpc) is 3.31. The highest BCUT2D eigenvalue weighted by molar-refractivity contribution is 6.05. The summed E-state index contributed by atoms with van der Waals surface area (Å²) < 4.78 is 20.7. The van der Waals surface area contributed by atoms with E-state index < -0.39 is 11.9 Å². The van der Waals surface area contributed by atoms with Crippen molar-refractivity contribution in [2.45, 2.75) is 57.7 Å². The van der Waals surface area contributed by atoms with Crippen molar-refractivity contribution in [1.29, 1.82) is 0 Å². The summed E-state index contributed by atoms with van der Waals surface area (Å²) in [4.78, 5) is 40.3. The highest BCUT2D eigenvalue weighted by Gasteiger charge is 2.40. The lowest BCUT2D eigenvalue weighted by Gasteiger charge is -2.32. The Labute approximate surface area is 185 Å². The zero-order valence-corrected chi connectivity index (χ0v) is 18.0. The molecule has 3 aliphatic heterocycles. The predicted octanol–water partition coefficient (Wildman–Crippen LogP) is 2.87. The topological polar surface area (TPSA) is 82.9 Å². The third kappa shape index (κ3) is 3.83. The summed E-state index contributed by atoms with van der Waals surface area (Å²) in [5.74, 6) is 0.452. The van der Waals surface area contributed by atoms with E-state index >= 15 is 4.39 Å². The van der Waals surface area contributed by atoms with Crippen molar-refractivity contribution in [3.8, 4) is 0 Å². The number of benzene rings is 1. The Kier molecular flexibility index (Phi) is 5.33. The SMILES string of the molecule is Cc1ccc(CN2CCC(c3cc4c(cc3F)C(=O)N(C3CCC(=O)NC3=O)C4)CC2)o1. The lowest BCUT2D eigenvalue weighted by Crippen LogP contribution is -2.52. The van der Waals surface area contributed by atoms with Gasteiger partial charge in [0.2, 0.25) is 11.8 Å².